The van der Waals surface area contributed by atoms with E-state index in [1.807, 2.05) is 6.07 Å². The number of hydrogen-bond acceptors (Lipinski definition) is 3. The zero-order chi connectivity index (χ0) is 13.8. The molecule has 0 spiro atoms. The van der Waals surface area contributed by atoms with Crippen LogP contribution in [0.1, 0.15) is 17.2 Å². The van der Waals surface area contributed by atoms with Crippen molar-refractivity contribution in [3.05, 3.63) is 62.5 Å². The van der Waals surface area contributed by atoms with E-state index in [9.17, 15) is 4.39 Å². The van der Waals surface area contributed by atoms with Gasteiger partial charge in [-0.15, -0.1) is 0 Å². The molecule has 3 N–H and O–H groups in total. The molecule has 0 bridgehead atoms. The molecule has 1 aromatic heterocycles. The number of aromatic nitrogens is 1. The van der Waals surface area contributed by atoms with Crippen molar-refractivity contribution in [2.45, 2.75) is 12.5 Å². The van der Waals surface area contributed by atoms with E-state index < -0.39 is 0 Å². The number of benzene rings is 1. The smallest absolute Gasteiger partial charge is 0.142 e. The number of hydrazine groups is 1. The maximum Gasteiger partial charge on any atom is 0.142 e. The summed E-state index contributed by atoms with van der Waals surface area (Å²) in [5, 5.41) is 0. The molecule has 1 aromatic carbocycles. The summed E-state index contributed by atoms with van der Waals surface area (Å²) in [6.07, 6.45) is 4.00. The number of rotatable bonds is 4. The highest BCUT2D eigenvalue weighted by Crippen LogP contribution is 2.26. The molecule has 0 aliphatic heterocycles. The molecule has 3 nitrogen and oxygen atoms in total. The first-order chi connectivity index (χ1) is 9.11. The van der Waals surface area contributed by atoms with Gasteiger partial charge in [0, 0.05) is 22.4 Å². The van der Waals surface area contributed by atoms with Crippen LogP contribution in [0.15, 0.2) is 45.6 Å². The fourth-order valence-electron chi connectivity index (χ4n) is 1.85. The van der Waals surface area contributed by atoms with Gasteiger partial charge >= 0.3 is 0 Å². The van der Waals surface area contributed by atoms with Crippen LogP contribution in [0.25, 0.3) is 0 Å². The number of nitrogens with one attached hydrogen (secondary N) is 1. The predicted octanol–water partition coefficient (Wildman–Crippen LogP) is 3.49. The Morgan fingerprint density at radius 1 is 1.32 bits per heavy atom. The van der Waals surface area contributed by atoms with Crippen LogP contribution in [0.4, 0.5) is 4.39 Å². The van der Waals surface area contributed by atoms with Crippen LogP contribution in [-0.2, 0) is 6.42 Å². The van der Waals surface area contributed by atoms with E-state index in [1.54, 1.807) is 30.6 Å². The van der Waals surface area contributed by atoms with Gasteiger partial charge in [0.05, 0.1) is 10.5 Å². The van der Waals surface area contributed by atoms with Gasteiger partial charge in [0.15, 0.2) is 0 Å². The summed E-state index contributed by atoms with van der Waals surface area (Å²) in [6.45, 7) is 0. The first kappa shape index (κ1) is 14.6. The summed E-state index contributed by atoms with van der Waals surface area (Å²) in [4.78, 5) is 4.09. The topological polar surface area (TPSA) is 50.9 Å². The van der Waals surface area contributed by atoms with Crippen LogP contribution >= 0.6 is 31.9 Å². The third-order valence-electron chi connectivity index (χ3n) is 2.76. The normalized spacial score (nSPS) is 12.4. The Balaban J connectivity index is 2.28. The van der Waals surface area contributed by atoms with Gasteiger partial charge in [0.25, 0.3) is 0 Å². The second kappa shape index (κ2) is 6.56. The van der Waals surface area contributed by atoms with E-state index in [-0.39, 0.29) is 11.9 Å². The molecule has 2 aromatic rings. The molecule has 6 heteroatoms. The minimum atomic E-state index is -0.311. The Morgan fingerprint density at radius 2 is 2.11 bits per heavy atom. The van der Waals surface area contributed by atoms with Gasteiger partial charge < -0.3 is 0 Å². The minimum absolute atomic E-state index is 0.298. The monoisotopic (exact) mass is 387 g/mol. The number of nitrogens with zero attached hydrogens (tertiary/aromatic N) is 1. The average Bonchev–Trinajstić information content (AvgIpc) is 2.40. The van der Waals surface area contributed by atoms with Crippen molar-refractivity contribution in [1.82, 2.24) is 10.4 Å². The summed E-state index contributed by atoms with van der Waals surface area (Å²) in [6, 6.07) is 6.79. The third-order valence-corrected chi connectivity index (χ3v) is 3.81. The molecule has 0 fully saturated rings. The SMILES string of the molecule is NNC(Cc1cncc(Br)c1)c1cccc(Br)c1F. The summed E-state index contributed by atoms with van der Waals surface area (Å²) >= 11 is 6.54. The lowest BCUT2D eigenvalue weighted by Crippen LogP contribution is -2.30. The van der Waals surface area contributed by atoms with Gasteiger partial charge in [-0.05, 0) is 56.0 Å². The van der Waals surface area contributed by atoms with E-state index in [0.717, 1.165) is 10.0 Å². The van der Waals surface area contributed by atoms with Gasteiger partial charge in [0.2, 0.25) is 0 Å². The first-order valence-electron chi connectivity index (χ1n) is 5.61. The maximum atomic E-state index is 14.1. The molecule has 2 rings (SSSR count). The van der Waals surface area contributed by atoms with Crippen molar-refractivity contribution < 1.29 is 4.39 Å². The fourth-order valence-corrected chi connectivity index (χ4v) is 2.65. The second-order valence-corrected chi connectivity index (χ2v) is 5.85. The van der Waals surface area contributed by atoms with Crippen LogP contribution in [0.2, 0.25) is 0 Å². The van der Waals surface area contributed by atoms with Crippen LogP contribution < -0.4 is 11.3 Å². The maximum absolute atomic E-state index is 14.1. The standard InChI is InChI=1S/C13H12Br2FN3/c14-9-4-8(6-18-7-9)5-12(19-17)10-2-1-3-11(15)13(10)16/h1-4,6-7,12,19H,5,17H2. The van der Waals surface area contributed by atoms with E-state index in [1.165, 1.54) is 0 Å². The molecule has 19 heavy (non-hydrogen) atoms. The summed E-state index contributed by atoms with van der Waals surface area (Å²) < 4.78 is 15.4. The molecule has 0 saturated heterocycles. The van der Waals surface area contributed by atoms with Gasteiger partial charge in [-0.2, -0.15) is 0 Å². The molecule has 0 amide bonds. The van der Waals surface area contributed by atoms with Gasteiger partial charge in [-0.25, -0.2) is 4.39 Å². The summed E-state index contributed by atoms with van der Waals surface area (Å²) in [5.74, 6) is 5.25. The first-order valence-corrected chi connectivity index (χ1v) is 7.20. The lowest BCUT2D eigenvalue weighted by atomic mass is 10.00. The van der Waals surface area contributed by atoms with Gasteiger partial charge in [-0.3, -0.25) is 16.3 Å². The van der Waals surface area contributed by atoms with Crippen LogP contribution in [0.5, 0.6) is 0 Å². The highest BCUT2D eigenvalue weighted by molar-refractivity contribution is 9.10. The molecule has 0 radical (unpaired) electrons. The lowest BCUT2D eigenvalue weighted by molar-refractivity contribution is 0.507. The highest BCUT2D eigenvalue weighted by atomic mass is 79.9. The van der Waals surface area contributed by atoms with Crippen molar-refractivity contribution in [3.8, 4) is 0 Å². The number of pyridine rings is 1. The summed E-state index contributed by atoms with van der Waals surface area (Å²) in [5.41, 5.74) is 4.14. The molecule has 0 saturated carbocycles. The molecule has 0 aliphatic rings. The van der Waals surface area contributed by atoms with Crippen molar-refractivity contribution >= 4 is 31.9 Å². The zero-order valence-corrected chi connectivity index (χ0v) is 13.1. The Kier molecular flexibility index (Phi) is 5.04. The van der Waals surface area contributed by atoms with Gasteiger partial charge in [0.1, 0.15) is 5.82 Å². The average molecular weight is 389 g/mol. The predicted molar refractivity (Wildman–Crippen MR) is 79.8 cm³/mol. The van der Waals surface area contributed by atoms with Crippen molar-refractivity contribution in [3.63, 3.8) is 0 Å². The Hall–Kier alpha value is -0.820. The summed E-state index contributed by atoms with van der Waals surface area (Å²) in [7, 11) is 0. The fraction of sp³-hybridized carbons (Fsp3) is 0.154. The largest absolute Gasteiger partial charge is 0.271 e. The molecule has 100 valence electrons. The van der Waals surface area contributed by atoms with Crippen LogP contribution in [0.3, 0.4) is 0 Å². The lowest BCUT2D eigenvalue weighted by Gasteiger charge is -2.17. The molecular weight excluding hydrogens is 377 g/mol. The number of nitrogens with two attached hydrogens (primary N) is 1. The van der Waals surface area contributed by atoms with Crippen molar-refractivity contribution in [1.29, 1.82) is 0 Å². The molecule has 0 aliphatic carbocycles. The highest BCUT2D eigenvalue weighted by Gasteiger charge is 2.16. The minimum Gasteiger partial charge on any atom is -0.271 e. The van der Waals surface area contributed by atoms with Crippen molar-refractivity contribution in [2.24, 2.45) is 5.84 Å². The molecule has 1 heterocycles. The van der Waals surface area contributed by atoms with Gasteiger partial charge in [-0.1, -0.05) is 12.1 Å². The van der Waals surface area contributed by atoms with Crippen LogP contribution in [0, 0.1) is 5.82 Å². The Bertz CT molecular complexity index is 578. The Labute approximate surface area is 127 Å². The van der Waals surface area contributed by atoms with E-state index in [4.69, 9.17) is 5.84 Å². The third kappa shape index (κ3) is 3.60. The molecular formula is C13H12Br2FN3. The zero-order valence-electron chi connectivity index (χ0n) is 9.91. The van der Waals surface area contributed by atoms with Crippen molar-refractivity contribution in [2.75, 3.05) is 0 Å². The molecule has 1 unspecified atom stereocenters. The molecule has 1 atom stereocenters. The van der Waals surface area contributed by atoms with Crippen LogP contribution in [-0.4, -0.2) is 4.98 Å². The second-order valence-electron chi connectivity index (χ2n) is 4.08. The number of hydrogen-bond donors (Lipinski definition) is 2. The number of halogens is 3. The quantitative estimate of drug-likeness (QED) is 0.622. The Morgan fingerprint density at radius 3 is 2.79 bits per heavy atom. The van der Waals surface area contributed by atoms with E-state index in [0.29, 0.717) is 16.5 Å². The van der Waals surface area contributed by atoms with E-state index >= 15 is 0 Å². The van der Waals surface area contributed by atoms with E-state index in [2.05, 4.69) is 42.3 Å².